The number of benzene rings is 1. The minimum absolute atomic E-state index is 0.175. The predicted octanol–water partition coefficient (Wildman–Crippen LogP) is 3.75. The molecule has 1 aromatic carbocycles. The fraction of sp³-hybridized carbons (Fsp3) is 0.476. The first-order valence-electron chi connectivity index (χ1n) is 9.95. The topological polar surface area (TPSA) is 76.6 Å². The Morgan fingerprint density at radius 2 is 2.00 bits per heavy atom. The summed E-state index contributed by atoms with van der Waals surface area (Å²) < 4.78 is 11.5. The Bertz CT molecular complexity index is 904. The van der Waals surface area contributed by atoms with Gasteiger partial charge in [0.1, 0.15) is 5.75 Å². The van der Waals surface area contributed by atoms with Crippen LogP contribution in [-0.4, -0.2) is 48.8 Å². The number of nitrogens with zero attached hydrogens (tertiary/aromatic N) is 3. The van der Waals surface area contributed by atoms with Crippen LogP contribution in [-0.2, 0) is 16.1 Å². The molecule has 1 aliphatic rings. The third-order valence-electron chi connectivity index (χ3n) is 5.10. The van der Waals surface area contributed by atoms with Gasteiger partial charge in [0, 0.05) is 36.1 Å². The van der Waals surface area contributed by atoms with Gasteiger partial charge in [0.15, 0.2) is 5.15 Å². The highest BCUT2D eigenvalue weighted by atomic mass is 35.5. The first kappa shape index (κ1) is 22.6. The Labute approximate surface area is 186 Å². The third kappa shape index (κ3) is 4.96. The fourth-order valence-corrected chi connectivity index (χ4v) is 3.83. The van der Waals surface area contributed by atoms with Crippen LogP contribution < -0.4 is 15.0 Å². The van der Waals surface area contributed by atoms with Gasteiger partial charge in [0.05, 0.1) is 43.7 Å². The molecule has 0 aliphatic carbocycles. The first-order chi connectivity index (χ1) is 14.4. The lowest BCUT2D eigenvalue weighted by Gasteiger charge is -2.33. The van der Waals surface area contributed by atoms with Crippen molar-refractivity contribution >= 4 is 34.8 Å². The maximum absolute atomic E-state index is 12.9. The number of ether oxygens (including phenoxy) is 2. The second-order valence-corrected chi connectivity index (χ2v) is 7.78. The van der Waals surface area contributed by atoms with Crippen LogP contribution in [0.1, 0.15) is 36.6 Å². The van der Waals surface area contributed by atoms with Crippen LogP contribution in [0.25, 0.3) is 0 Å². The van der Waals surface area contributed by atoms with Gasteiger partial charge in [-0.2, -0.15) is 0 Å². The first-order valence-corrected chi connectivity index (χ1v) is 10.7. The highest BCUT2D eigenvalue weighted by Crippen LogP contribution is 2.43. The maximum atomic E-state index is 12.9. The fourth-order valence-electron chi connectivity index (χ4n) is 3.45. The number of carbonyl (C=O) groups excluding carboxylic acids is 1. The van der Waals surface area contributed by atoms with Crippen molar-refractivity contribution in [1.82, 2.24) is 15.3 Å². The number of nitrogens with one attached hydrogen (secondary N) is 1. The summed E-state index contributed by atoms with van der Waals surface area (Å²) in [4.78, 5) is 23.3. The van der Waals surface area contributed by atoms with Crippen LogP contribution in [0.2, 0.25) is 10.2 Å². The van der Waals surface area contributed by atoms with E-state index < -0.39 is 5.92 Å². The summed E-state index contributed by atoms with van der Waals surface area (Å²) in [5.41, 5.74) is 3.13. The molecule has 7 nitrogen and oxygen atoms in total. The molecular weight excluding hydrogens is 427 g/mol. The molecule has 3 rings (SSSR count). The van der Waals surface area contributed by atoms with E-state index in [1.165, 1.54) is 6.20 Å². The largest absolute Gasteiger partial charge is 0.491 e. The molecule has 30 heavy (non-hydrogen) atoms. The summed E-state index contributed by atoms with van der Waals surface area (Å²) in [5, 5.41) is 3.76. The zero-order valence-electron chi connectivity index (χ0n) is 17.4. The minimum Gasteiger partial charge on any atom is -0.491 e. The molecule has 2 heterocycles. The van der Waals surface area contributed by atoms with Crippen LogP contribution >= 0.6 is 23.2 Å². The number of aromatic nitrogens is 2. The molecule has 0 bridgehead atoms. The summed E-state index contributed by atoms with van der Waals surface area (Å²) in [5.74, 6) is 0.0342. The molecule has 0 saturated carbocycles. The Morgan fingerprint density at radius 1 is 1.30 bits per heavy atom. The molecule has 1 aliphatic heterocycles. The van der Waals surface area contributed by atoms with E-state index in [1.54, 1.807) is 6.20 Å². The number of anilines is 1. The Morgan fingerprint density at radius 3 is 2.67 bits per heavy atom. The second-order valence-electron chi connectivity index (χ2n) is 7.02. The second kappa shape index (κ2) is 10.3. The number of morpholine rings is 1. The average molecular weight is 453 g/mol. The van der Waals surface area contributed by atoms with Crippen molar-refractivity contribution in [2.75, 3.05) is 37.8 Å². The van der Waals surface area contributed by atoms with E-state index in [0.29, 0.717) is 36.3 Å². The quantitative estimate of drug-likeness (QED) is 0.689. The molecule has 1 N–H and O–H groups in total. The molecule has 1 fully saturated rings. The molecule has 1 aromatic heterocycles. The Hall–Kier alpha value is -2.09. The average Bonchev–Trinajstić information content (AvgIpc) is 2.76. The summed E-state index contributed by atoms with van der Waals surface area (Å²) >= 11 is 12.6. The van der Waals surface area contributed by atoms with Crippen molar-refractivity contribution in [3.63, 3.8) is 0 Å². The number of halogens is 2. The SMILES string of the molecule is CCOc1c(C(C)C(=O)NCc2nccnc2Cl)cc(Cl)c(C)c1N1CCOCC1. The van der Waals surface area contributed by atoms with Crippen LogP contribution in [0.3, 0.4) is 0 Å². The highest BCUT2D eigenvalue weighted by Gasteiger charge is 2.27. The number of rotatable bonds is 7. The zero-order valence-corrected chi connectivity index (χ0v) is 18.9. The van der Waals surface area contributed by atoms with Gasteiger partial charge in [0.25, 0.3) is 0 Å². The minimum atomic E-state index is -0.486. The summed E-state index contributed by atoms with van der Waals surface area (Å²) in [6.45, 7) is 9.17. The van der Waals surface area contributed by atoms with Gasteiger partial charge < -0.3 is 19.7 Å². The van der Waals surface area contributed by atoms with Gasteiger partial charge >= 0.3 is 0 Å². The molecule has 2 aromatic rings. The number of hydrogen-bond acceptors (Lipinski definition) is 6. The van der Waals surface area contributed by atoms with E-state index >= 15 is 0 Å². The van der Waals surface area contributed by atoms with Crippen molar-refractivity contribution in [3.05, 3.63) is 45.5 Å². The lowest BCUT2D eigenvalue weighted by molar-refractivity contribution is -0.122. The van der Waals surface area contributed by atoms with E-state index in [9.17, 15) is 4.79 Å². The van der Waals surface area contributed by atoms with Gasteiger partial charge in [-0.05, 0) is 32.4 Å². The van der Waals surface area contributed by atoms with Crippen LogP contribution in [0.4, 0.5) is 5.69 Å². The summed E-state index contributed by atoms with van der Waals surface area (Å²) in [6.07, 6.45) is 3.05. The smallest absolute Gasteiger partial charge is 0.227 e. The van der Waals surface area contributed by atoms with Gasteiger partial charge in [-0.3, -0.25) is 9.78 Å². The Kier molecular flexibility index (Phi) is 7.75. The molecule has 1 atom stereocenters. The van der Waals surface area contributed by atoms with E-state index in [2.05, 4.69) is 20.2 Å². The van der Waals surface area contributed by atoms with Crippen molar-refractivity contribution in [1.29, 1.82) is 0 Å². The molecular formula is C21H26Cl2N4O3. The van der Waals surface area contributed by atoms with E-state index in [-0.39, 0.29) is 17.6 Å². The van der Waals surface area contributed by atoms with Crippen LogP contribution in [0.15, 0.2) is 18.5 Å². The highest BCUT2D eigenvalue weighted by molar-refractivity contribution is 6.32. The molecule has 9 heteroatoms. The number of hydrogen-bond donors (Lipinski definition) is 1. The monoisotopic (exact) mass is 452 g/mol. The van der Waals surface area contributed by atoms with Gasteiger partial charge in [-0.25, -0.2) is 4.98 Å². The molecule has 1 amide bonds. The van der Waals surface area contributed by atoms with E-state index in [4.69, 9.17) is 32.7 Å². The van der Waals surface area contributed by atoms with Crippen molar-refractivity contribution in [3.8, 4) is 5.75 Å². The standard InChI is InChI=1S/C21H26Cl2N4O3/c1-4-30-19-15(11-16(22)14(3)18(19)27-7-9-29-10-8-27)13(2)21(28)26-12-17-20(23)25-6-5-24-17/h5-6,11,13H,4,7-10,12H2,1-3H3,(H,26,28). The zero-order chi connectivity index (χ0) is 21.7. The molecule has 0 spiro atoms. The summed E-state index contributed by atoms with van der Waals surface area (Å²) in [6, 6.07) is 1.82. The molecule has 1 unspecified atom stereocenters. The molecule has 0 radical (unpaired) electrons. The molecule has 162 valence electrons. The predicted molar refractivity (Wildman–Crippen MR) is 118 cm³/mol. The van der Waals surface area contributed by atoms with Crippen LogP contribution in [0, 0.1) is 6.92 Å². The van der Waals surface area contributed by atoms with E-state index in [1.807, 2.05) is 26.8 Å². The summed E-state index contributed by atoms with van der Waals surface area (Å²) in [7, 11) is 0. The van der Waals surface area contributed by atoms with Crippen LogP contribution in [0.5, 0.6) is 5.75 Å². The Balaban J connectivity index is 1.90. The van der Waals surface area contributed by atoms with E-state index in [0.717, 1.165) is 29.9 Å². The lowest BCUT2D eigenvalue weighted by Crippen LogP contribution is -2.37. The van der Waals surface area contributed by atoms with Gasteiger partial charge in [-0.15, -0.1) is 0 Å². The molecule has 1 saturated heterocycles. The van der Waals surface area contributed by atoms with Crippen molar-refractivity contribution < 1.29 is 14.3 Å². The number of amides is 1. The van der Waals surface area contributed by atoms with Crippen molar-refractivity contribution in [2.24, 2.45) is 0 Å². The van der Waals surface area contributed by atoms with Gasteiger partial charge in [-0.1, -0.05) is 23.2 Å². The maximum Gasteiger partial charge on any atom is 0.227 e. The van der Waals surface area contributed by atoms with Gasteiger partial charge in [0.2, 0.25) is 5.91 Å². The third-order valence-corrected chi connectivity index (χ3v) is 5.81. The lowest BCUT2D eigenvalue weighted by atomic mass is 9.95. The normalized spacial score (nSPS) is 15.0. The van der Waals surface area contributed by atoms with Crippen molar-refractivity contribution in [2.45, 2.75) is 33.2 Å². The number of carbonyl (C=O) groups is 1.